The van der Waals surface area contributed by atoms with Crippen LogP contribution in [0.1, 0.15) is 43.0 Å². The van der Waals surface area contributed by atoms with E-state index in [1.165, 1.54) is 12.1 Å². The fourth-order valence-corrected chi connectivity index (χ4v) is 3.49. The molecule has 1 fully saturated rings. The molecule has 1 aromatic rings. The molecular formula is C16H24N2O4S. The highest BCUT2D eigenvalue weighted by molar-refractivity contribution is 7.89. The van der Waals surface area contributed by atoms with Crippen molar-refractivity contribution < 1.29 is 17.9 Å². The zero-order valence-corrected chi connectivity index (χ0v) is 14.2. The van der Waals surface area contributed by atoms with Gasteiger partial charge in [0, 0.05) is 25.3 Å². The van der Waals surface area contributed by atoms with E-state index in [4.69, 9.17) is 4.74 Å². The van der Waals surface area contributed by atoms with Crippen molar-refractivity contribution in [3.63, 3.8) is 0 Å². The second-order valence-corrected chi connectivity index (χ2v) is 7.39. The molecule has 0 saturated carbocycles. The van der Waals surface area contributed by atoms with E-state index in [9.17, 15) is 13.2 Å². The van der Waals surface area contributed by atoms with Gasteiger partial charge < -0.3 is 10.1 Å². The summed E-state index contributed by atoms with van der Waals surface area (Å²) in [6.07, 6.45) is 3.64. The highest BCUT2D eigenvalue weighted by Gasteiger charge is 2.21. The van der Waals surface area contributed by atoms with Gasteiger partial charge in [0.2, 0.25) is 10.0 Å². The molecule has 2 rings (SSSR count). The molecule has 0 spiro atoms. The maximum Gasteiger partial charge on any atom is 0.251 e. The standard InChI is InChI=1S/C16H24N2O4S/c1-2-3-9-17-16(19)13-6-4-8-15(11-13)23(20,21)18-12-14-7-5-10-22-14/h4,6,8,11,14,18H,2-3,5,7,9-10,12H2,1H3,(H,17,19)/t14-/m0/s1. The van der Waals surface area contributed by atoms with E-state index in [2.05, 4.69) is 10.0 Å². The summed E-state index contributed by atoms with van der Waals surface area (Å²) in [7, 11) is -3.64. The zero-order valence-electron chi connectivity index (χ0n) is 13.4. The molecule has 1 saturated heterocycles. The van der Waals surface area contributed by atoms with Crippen LogP contribution >= 0.6 is 0 Å². The van der Waals surface area contributed by atoms with Crippen molar-refractivity contribution in [2.75, 3.05) is 19.7 Å². The lowest BCUT2D eigenvalue weighted by Gasteiger charge is -2.12. The molecule has 0 radical (unpaired) electrons. The molecule has 0 bridgehead atoms. The van der Waals surface area contributed by atoms with Crippen molar-refractivity contribution in [2.45, 2.75) is 43.6 Å². The largest absolute Gasteiger partial charge is 0.377 e. The SMILES string of the molecule is CCCCNC(=O)c1cccc(S(=O)(=O)NC[C@@H]2CCCO2)c1. The zero-order chi connectivity index (χ0) is 16.7. The average Bonchev–Trinajstić information content (AvgIpc) is 3.07. The summed E-state index contributed by atoms with van der Waals surface area (Å²) in [5.74, 6) is -0.255. The van der Waals surface area contributed by atoms with Crippen LogP contribution in [0.2, 0.25) is 0 Å². The van der Waals surface area contributed by atoms with Gasteiger partial charge in [0.05, 0.1) is 11.0 Å². The first-order valence-corrected chi connectivity index (χ1v) is 9.51. The molecule has 1 aliphatic heterocycles. The fourth-order valence-electron chi connectivity index (χ4n) is 2.38. The van der Waals surface area contributed by atoms with Gasteiger partial charge in [-0.2, -0.15) is 0 Å². The number of carbonyl (C=O) groups excluding carboxylic acids is 1. The summed E-state index contributed by atoms with van der Waals surface area (Å²) in [4.78, 5) is 12.1. The Kier molecular flexibility index (Phi) is 6.56. The van der Waals surface area contributed by atoms with Crippen molar-refractivity contribution in [3.8, 4) is 0 Å². The van der Waals surface area contributed by atoms with Crippen LogP contribution in [0.25, 0.3) is 0 Å². The molecule has 0 aromatic heterocycles. The molecule has 1 aliphatic rings. The Balaban J connectivity index is 2.00. The molecule has 128 valence electrons. The van der Waals surface area contributed by atoms with Gasteiger partial charge >= 0.3 is 0 Å². The molecule has 23 heavy (non-hydrogen) atoms. The fraction of sp³-hybridized carbons (Fsp3) is 0.562. The Morgan fingerprint density at radius 1 is 1.39 bits per heavy atom. The summed E-state index contributed by atoms with van der Waals surface area (Å²) in [6, 6.07) is 6.08. The first-order chi connectivity index (χ1) is 11.0. The lowest BCUT2D eigenvalue weighted by molar-refractivity contribution is 0.0953. The van der Waals surface area contributed by atoms with Gasteiger partial charge in [0.25, 0.3) is 5.91 Å². The van der Waals surface area contributed by atoms with Crippen molar-refractivity contribution in [1.29, 1.82) is 0 Å². The van der Waals surface area contributed by atoms with Crippen LogP contribution in [-0.2, 0) is 14.8 Å². The number of ether oxygens (including phenoxy) is 1. The van der Waals surface area contributed by atoms with Crippen molar-refractivity contribution in [2.24, 2.45) is 0 Å². The van der Waals surface area contributed by atoms with Crippen LogP contribution < -0.4 is 10.0 Å². The number of unbranched alkanes of at least 4 members (excludes halogenated alkanes) is 1. The molecule has 0 aliphatic carbocycles. The van der Waals surface area contributed by atoms with Gasteiger partial charge in [-0.1, -0.05) is 19.4 Å². The Hall–Kier alpha value is -1.44. The molecule has 1 aromatic carbocycles. The van der Waals surface area contributed by atoms with E-state index in [0.29, 0.717) is 18.7 Å². The molecule has 7 heteroatoms. The van der Waals surface area contributed by atoms with Crippen LogP contribution in [0.15, 0.2) is 29.2 Å². The van der Waals surface area contributed by atoms with E-state index in [0.717, 1.165) is 25.7 Å². The highest BCUT2D eigenvalue weighted by atomic mass is 32.2. The summed E-state index contributed by atoms with van der Waals surface area (Å²) < 4.78 is 32.6. The third-order valence-corrected chi connectivity index (χ3v) is 5.17. The Morgan fingerprint density at radius 2 is 2.22 bits per heavy atom. The molecule has 6 nitrogen and oxygen atoms in total. The molecular weight excluding hydrogens is 316 g/mol. The van der Waals surface area contributed by atoms with E-state index in [-0.39, 0.29) is 23.5 Å². The second-order valence-electron chi connectivity index (χ2n) is 5.62. The maximum absolute atomic E-state index is 12.3. The van der Waals surface area contributed by atoms with Gasteiger partial charge in [0.15, 0.2) is 0 Å². The smallest absolute Gasteiger partial charge is 0.251 e. The third-order valence-electron chi connectivity index (χ3n) is 3.75. The lowest BCUT2D eigenvalue weighted by atomic mass is 10.2. The topological polar surface area (TPSA) is 84.5 Å². The van der Waals surface area contributed by atoms with Crippen molar-refractivity contribution in [3.05, 3.63) is 29.8 Å². The van der Waals surface area contributed by atoms with E-state index >= 15 is 0 Å². The first kappa shape index (κ1) is 17.9. The van der Waals surface area contributed by atoms with E-state index in [1.54, 1.807) is 12.1 Å². The molecule has 2 N–H and O–H groups in total. The molecule has 1 atom stereocenters. The van der Waals surface area contributed by atoms with Crippen LogP contribution in [0.3, 0.4) is 0 Å². The number of nitrogens with one attached hydrogen (secondary N) is 2. The van der Waals surface area contributed by atoms with Gasteiger partial charge in [-0.25, -0.2) is 13.1 Å². The van der Waals surface area contributed by atoms with Crippen LogP contribution in [-0.4, -0.2) is 40.1 Å². The van der Waals surface area contributed by atoms with E-state index < -0.39 is 10.0 Å². The number of rotatable bonds is 8. The van der Waals surface area contributed by atoms with Gasteiger partial charge in [0.1, 0.15) is 0 Å². The quantitative estimate of drug-likeness (QED) is 0.705. The molecule has 1 amide bonds. The minimum Gasteiger partial charge on any atom is -0.377 e. The number of hydrogen-bond acceptors (Lipinski definition) is 4. The van der Waals surface area contributed by atoms with Gasteiger partial charge in [-0.15, -0.1) is 0 Å². The minimum absolute atomic E-state index is 0.0645. The molecule has 1 heterocycles. The van der Waals surface area contributed by atoms with Crippen molar-refractivity contribution in [1.82, 2.24) is 10.0 Å². The normalized spacial score (nSPS) is 18.0. The third kappa shape index (κ3) is 5.30. The summed E-state index contributed by atoms with van der Waals surface area (Å²) in [6.45, 7) is 3.57. The van der Waals surface area contributed by atoms with Gasteiger partial charge in [-0.3, -0.25) is 4.79 Å². The predicted octanol–water partition coefficient (Wildman–Crippen LogP) is 1.67. The summed E-state index contributed by atoms with van der Waals surface area (Å²) in [5, 5.41) is 2.78. The first-order valence-electron chi connectivity index (χ1n) is 8.02. The Labute approximate surface area is 137 Å². The number of sulfonamides is 1. The van der Waals surface area contributed by atoms with Crippen LogP contribution in [0.4, 0.5) is 0 Å². The Morgan fingerprint density at radius 3 is 2.91 bits per heavy atom. The summed E-state index contributed by atoms with van der Waals surface area (Å²) >= 11 is 0. The van der Waals surface area contributed by atoms with Gasteiger partial charge in [-0.05, 0) is 37.5 Å². The highest BCUT2D eigenvalue weighted by Crippen LogP contribution is 2.14. The average molecular weight is 340 g/mol. The maximum atomic E-state index is 12.3. The number of carbonyl (C=O) groups is 1. The predicted molar refractivity (Wildman–Crippen MR) is 87.8 cm³/mol. The monoisotopic (exact) mass is 340 g/mol. The van der Waals surface area contributed by atoms with E-state index in [1.807, 2.05) is 6.92 Å². The number of hydrogen-bond donors (Lipinski definition) is 2. The second kappa shape index (κ2) is 8.42. The number of benzene rings is 1. The summed E-state index contributed by atoms with van der Waals surface area (Å²) in [5.41, 5.74) is 0.348. The Bertz CT molecular complexity index is 625. The lowest BCUT2D eigenvalue weighted by Crippen LogP contribution is -2.32. The van der Waals surface area contributed by atoms with Crippen LogP contribution in [0.5, 0.6) is 0 Å². The number of amides is 1. The van der Waals surface area contributed by atoms with Crippen molar-refractivity contribution >= 4 is 15.9 Å². The molecule has 0 unspecified atom stereocenters. The minimum atomic E-state index is -3.64. The van der Waals surface area contributed by atoms with Crippen LogP contribution in [0, 0.1) is 0 Å².